The van der Waals surface area contributed by atoms with Gasteiger partial charge in [0.25, 0.3) is 0 Å². The summed E-state index contributed by atoms with van der Waals surface area (Å²) in [6.45, 7) is 3.23. The van der Waals surface area contributed by atoms with E-state index in [0.717, 1.165) is 38.2 Å². The lowest BCUT2D eigenvalue weighted by molar-refractivity contribution is 0.297. The molecule has 1 saturated heterocycles. The zero-order chi connectivity index (χ0) is 13.1. The highest BCUT2D eigenvalue weighted by Crippen LogP contribution is 2.18. The Hall–Kier alpha value is -1.21. The van der Waals surface area contributed by atoms with Crippen LogP contribution in [0.4, 0.5) is 14.6 Å². The predicted molar refractivity (Wildman–Crippen MR) is 66.2 cm³/mol. The van der Waals surface area contributed by atoms with E-state index in [1.54, 1.807) is 6.82 Å². The summed E-state index contributed by atoms with van der Waals surface area (Å²) in [5.41, 5.74) is 0. The van der Waals surface area contributed by atoms with Crippen LogP contribution in [-0.2, 0) is 0 Å². The van der Waals surface area contributed by atoms with E-state index in [-0.39, 0.29) is 11.9 Å². The first-order valence-electron chi connectivity index (χ1n) is 6.06. The molecule has 1 fully saturated rings. The van der Waals surface area contributed by atoms with Gasteiger partial charge in [0.05, 0.1) is 6.20 Å². The van der Waals surface area contributed by atoms with Crippen LogP contribution in [0.1, 0.15) is 12.8 Å². The van der Waals surface area contributed by atoms with Gasteiger partial charge in [0.2, 0.25) is 0 Å². The average molecular weight is 255 g/mol. The molecule has 2 rings (SSSR count). The summed E-state index contributed by atoms with van der Waals surface area (Å²) in [5.74, 6) is -1.26. The van der Waals surface area contributed by atoms with Crippen molar-refractivity contribution in [3.05, 3.63) is 23.9 Å². The summed E-state index contributed by atoms with van der Waals surface area (Å²) in [6, 6.07) is 0.924. The lowest BCUT2D eigenvalue weighted by Crippen LogP contribution is -2.46. The van der Waals surface area contributed by atoms with Crippen molar-refractivity contribution in [3.63, 3.8) is 0 Å². The number of piperidine rings is 1. The summed E-state index contributed by atoms with van der Waals surface area (Å²) in [4.78, 5) is 5.65. The Morgan fingerprint density at radius 2 is 2.11 bits per heavy atom. The smallest absolute Gasteiger partial charge is 0.376 e. The Morgan fingerprint density at radius 1 is 1.44 bits per heavy atom. The van der Waals surface area contributed by atoms with E-state index in [4.69, 9.17) is 0 Å². The molecule has 0 atom stereocenters. The van der Waals surface area contributed by atoms with Gasteiger partial charge in [-0.25, -0.2) is 13.8 Å². The Morgan fingerprint density at radius 3 is 2.67 bits per heavy atom. The first-order chi connectivity index (χ1) is 8.56. The Balaban J connectivity index is 1.91. The van der Waals surface area contributed by atoms with Gasteiger partial charge in [-0.2, -0.15) is 0 Å². The van der Waals surface area contributed by atoms with Crippen molar-refractivity contribution in [2.75, 3.05) is 18.4 Å². The number of hydrogen-bond acceptors (Lipinski definition) is 4. The van der Waals surface area contributed by atoms with Gasteiger partial charge in [0.1, 0.15) is 5.82 Å². The van der Waals surface area contributed by atoms with E-state index >= 15 is 0 Å². The molecule has 2 N–H and O–H groups in total. The average Bonchev–Trinajstić information content (AvgIpc) is 2.33. The largest absolute Gasteiger partial charge is 0.437 e. The minimum atomic E-state index is -0.679. The third-order valence-electron chi connectivity index (χ3n) is 3.21. The van der Waals surface area contributed by atoms with E-state index in [2.05, 4.69) is 10.3 Å². The standard InChI is InChI=1S/C11H16BF2N3O/c1-12(18)17-4-2-9(3-5-17)16-11-10(14)6-8(13)7-15-11/h6-7,9,18H,2-5H2,1H3,(H,15,16). The van der Waals surface area contributed by atoms with Crippen molar-refractivity contribution in [1.82, 2.24) is 9.79 Å². The molecule has 7 heteroatoms. The number of hydrogen-bond donors (Lipinski definition) is 2. The molecule has 1 aliphatic heterocycles. The maximum absolute atomic E-state index is 13.4. The van der Waals surface area contributed by atoms with Crippen LogP contribution in [0.25, 0.3) is 0 Å². The van der Waals surface area contributed by atoms with Gasteiger partial charge < -0.3 is 15.2 Å². The lowest BCUT2D eigenvalue weighted by atomic mass is 9.82. The first kappa shape index (κ1) is 13.2. The Bertz CT molecular complexity index is 411. The zero-order valence-electron chi connectivity index (χ0n) is 10.2. The molecule has 0 amide bonds. The fourth-order valence-electron chi connectivity index (χ4n) is 2.13. The molecule has 18 heavy (non-hydrogen) atoms. The molecular weight excluding hydrogens is 239 g/mol. The Kier molecular flexibility index (Phi) is 4.13. The monoisotopic (exact) mass is 255 g/mol. The number of anilines is 1. The molecule has 2 heterocycles. The number of aromatic nitrogens is 1. The molecule has 0 spiro atoms. The summed E-state index contributed by atoms with van der Waals surface area (Å²) in [6.07, 6.45) is 2.59. The number of halogens is 2. The van der Waals surface area contributed by atoms with Gasteiger partial charge >= 0.3 is 7.05 Å². The van der Waals surface area contributed by atoms with Gasteiger partial charge in [0.15, 0.2) is 11.6 Å². The molecule has 0 bridgehead atoms. The van der Waals surface area contributed by atoms with E-state index in [1.807, 2.05) is 4.81 Å². The maximum atomic E-state index is 13.4. The third kappa shape index (κ3) is 3.17. The summed E-state index contributed by atoms with van der Waals surface area (Å²) >= 11 is 0. The van der Waals surface area contributed by atoms with Crippen LogP contribution >= 0.6 is 0 Å². The highest BCUT2D eigenvalue weighted by atomic mass is 19.1. The lowest BCUT2D eigenvalue weighted by Gasteiger charge is -2.33. The molecule has 1 aromatic rings. The molecule has 0 unspecified atom stereocenters. The number of pyridine rings is 1. The fraction of sp³-hybridized carbons (Fsp3) is 0.545. The second kappa shape index (κ2) is 5.62. The quantitative estimate of drug-likeness (QED) is 0.800. The molecule has 0 radical (unpaired) electrons. The summed E-state index contributed by atoms with van der Waals surface area (Å²) in [7, 11) is -0.452. The molecule has 0 aliphatic carbocycles. The van der Waals surface area contributed by atoms with Crippen LogP contribution in [0.15, 0.2) is 12.3 Å². The van der Waals surface area contributed by atoms with Crippen LogP contribution in [-0.4, -0.2) is 41.0 Å². The van der Waals surface area contributed by atoms with Gasteiger partial charge in [-0.05, 0) is 32.8 Å². The van der Waals surface area contributed by atoms with Crippen molar-refractivity contribution in [1.29, 1.82) is 0 Å². The SMILES string of the molecule is CB(O)N1CCC(Nc2ncc(F)cc2F)CC1. The molecular formula is C11H16BF2N3O. The molecule has 98 valence electrons. The highest BCUT2D eigenvalue weighted by molar-refractivity contribution is 6.45. The molecule has 1 aromatic heterocycles. The van der Waals surface area contributed by atoms with Crippen molar-refractivity contribution in [2.24, 2.45) is 0 Å². The zero-order valence-corrected chi connectivity index (χ0v) is 10.2. The van der Waals surface area contributed by atoms with Crippen molar-refractivity contribution >= 4 is 12.9 Å². The first-order valence-corrected chi connectivity index (χ1v) is 6.06. The third-order valence-corrected chi connectivity index (χ3v) is 3.21. The van der Waals surface area contributed by atoms with E-state index in [0.29, 0.717) is 0 Å². The minimum Gasteiger partial charge on any atom is -0.437 e. The number of nitrogens with one attached hydrogen (secondary N) is 1. The van der Waals surface area contributed by atoms with Crippen LogP contribution in [0.3, 0.4) is 0 Å². The normalized spacial score (nSPS) is 17.8. The topological polar surface area (TPSA) is 48.4 Å². The van der Waals surface area contributed by atoms with Crippen LogP contribution in [0.2, 0.25) is 6.82 Å². The van der Waals surface area contributed by atoms with Crippen molar-refractivity contribution in [3.8, 4) is 0 Å². The van der Waals surface area contributed by atoms with Crippen molar-refractivity contribution in [2.45, 2.75) is 25.7 Å². The number of nitrogens with zero attached hydrogens (tertiary/aromatic N) is 2. The van der Waals surface area contributed by atoms with Gasteiger partial charge in [-0.1, -0.05) is 0 Å². The Labute approximate surface area is 105 Å². The minimum absolute atomic E-state index is 0.0897. The molecule has 1 aliphatic rings. The van der Waals surface area contributed by atoms with Crippen LogP contribution < -0.4 is 5.32 Å². The van der Waals surface area contributed by atoms with E-state index in [1.165, 1.54) is 0 Å². The van der Waals surface area contributed by atoms with Gasteiger partial charge in [-0.3, -0.25) is 0 Å². The van der Waals surface area contributed by atoms with Gasteiger partial charge in [-0.15, -0.1) is 0 Å². The summed E-state index contributed by atoms with van der Waals surface area (Å²) < 4.78 is 26.1. The fourth-order valence-corrected chi connectivity index (χ4v) is 2.13. The number of rotatable bonds is 3. The van der Waals surface area contributed by atoms with Crippen LogP contribution in [0.5, 0.6) is 0 Å². The molecule has 0 saturated carbocycles. The van der Waals surface area contributed by atoms with Crippen molar-refractivity contribution < 1.29 is 13.8 Å². The maximum Gasteiger partial charge on any atom is 0.376 e. The summed E-state index contributed by atoms with van der Waals surface area (Å²) in [5, 5.41) is 12.4. The highest BCUT2D eigenvalue weighted by Gasteiger charge is 2.24. The van der Waals surface area contributed by atoms with E-state index in [9.17, 15) is 13.8 Å². The second-order valence-corrected chi connectivity index (χ2v) is 4.57. The second-order valence-electron chi connectivity index (χ2n) is 4.57. The van der Waals surface area contributed by atoms with Gasteiger partial charge in [0, 0.05) is 12.1 Å². The van der Waals surface area contributed by atoms with E-state index < -0.39 is 18.7 Å². The predicted octanol–water partition coefficient (Wildman–Crippen LogP) is 1.35. The molecule has 0 aromatic carbocycles. The molecule has 4 nitrogen and oxygen atoms in total. The van der Waals surface area contributed by atoms with Crippen LogP contribution in [0, 0.1) is 11.6 Å².